The summed E-state index contributed by atoms with van der Waals surface area (Å²) in [6, 6.07) is 9.25. The second-order valence-corrected chi connectivity index (χ2v) is 7.51. The standard InChI is InChI=1S/C18H17N3O3S2/c1-11(14-7-5-9-25-14)20-15(22)10-24-18(23)16-12(2)21-17(26-16)13-6-3-4-8-19-13/h3-9,11H,10H2,1-2H3,(H,20,22)/t11-/m0/s1. The highest BCUT2D eigenvalue weighted by atomic mass is 32.1. The zero-order valence-corrected chi connectivity index (χ0v) is 15.9. The second kappa shape index (κ2) is 8.20. The predicted octanol–water partition coefficient (Wildman–Crippen LogP) is 3.61. The number of hydrogen-bond donors (Lipinski definition) is 1. The summed E-state index contributed by atoms with van der Waals surface area (Å²) >= 11 is 2.77. The number of hydrogen-bond acceptors (Lipinski definition) is 7. The summed E-state index contributed by atoms with van der Waals surface area (Å²) in [5, 5.41) is 5.40. The molecule has 8 heteroatoms. The molecule has 1 amide bonds. The van der Waals surface area contributed by atoms with Gasteiger partial charge in [0.05, 0.1) is 17.4 Å². The van der Waals surface area contributed by atoms with Crippen molar-refractivity contribution in [3.8, 4) is 10.7 Å². The molecule has 0 aliphatic carbocycles. The molecule has 0 saturated carbocycles. The lowest BCUT2D eigenvalue weighted by atomic mass is 10.3. The Bertz CT molecular complexity index is 892. The molecule has 0 bridgehead atoms. The van der Waals surface area contributed by atoms with Gasteiger partial charge in [0.2, 0.25) is 0 Å². The Morgan fingerprint density at radius 2 is 2.12 bits per heavy atom. The number of carbonyl (C=O) groups is 2. The number of pyridine rings is 1. The number of aromatic nitrogens is 2. The Morgan fingerprint density at radius 3 is 2.81 bits per heavy atom. The van der Waals surface area contributed by atoms with Crippen molar-refractivity contribution in [2.45, 2.75) is 19.9 Å². The van der Waals surface area contributed by atoms with Crippen LogP contribution in [-0.2, 0) is 9.53 Å². The van der Waals surface area contributed by atoms with Crippen molar-refractivity contribution in [1.82, 2.24) is 15.3 Å². The zero-order valence-electron chi connectivity index (χ0n) is 14.3. The summed E-state index contributed by atoms with van der Waals surface area (Å²) in [4.78, 5) is 34.3. The molecule has 0 saturated heterocycles. The maximum absolute atomic E-state index is 12.3. The van der Waals surface area contributed by atoms with Crippen LogP contribution in [0.5, 0.6) is 0 Å². The minimum Gasteiger partial charge on any atom is -0.451 e. The van der Waals surface area contributed by atoms with E-state index in [2.05, 4.69) is 15.3 Å². The first-order valence-electron chi connectivity index (χ1n) is 7.93. The first-order chi connectivity index (χ1) is 12.5. The number of nitrogens with one attached hydrogen (secondary N) is 1. The maximum atomic E-state index is 12.3. The molecular formula is C18H17N3O3S2. The molecule has 0 fully saturated rings. The summed E-state index contributed by atoms with van der Waals surface area (Å²) < 4.78 is 5.14. The van der Waals surface area contributed by atoms with Gasteiger partial charge in [-0.1, -0.05) is 12.1 Å². The fraction of sp³-hybridized carbons (Fsp3) is 0.222. The number of carbonyl (C=O) groups excluding carboxylic acids is 2. The van der Waals surface area contributed by atoms with Crippen LogP contribution in [0.2, 0.25) is 0 Å². The lowest BCUT2D eigenvalue weighted by Crippen LogP contribution is -2.30. The first-order valence-corrected chi connectivity index (χ1v) is 9.63. The fourth-order valence-electron chi connectivity index (χ4n) is 2.27. The van der Waals surface area contributed by atoms with E-state index in [-0.39, 0.29) is 18.6 Å². The molecule has 3 heterocycles. The van der Waals surface area contributed by atoms with Crippen LogP contribution < -0.4 is 5.32 Å². The third-order valence-corrected chi connectivity index (χ3v) is 5.76. The number of thiazole rings is 1. The normalized spacial score (nSPS) is 11.8. The number of thiophene rings is 1. The average molecular weight is 387 g/mol. The molecule has 3 aromatic rings. The van der Waals surface area contributed by atoms with Crippen LogP contribution in [0.3, 0.4) is 0 Å². The topological polar surface area (TPSA) is 81.2 Å². The lowest BCUT2D eigenvalue weighted by molar-refractivity contribution is -0.124. The van der Waals surface area contributed by atoms with E-state index in [4.69, 9.17) is 4.74 Å². The van der Waals surface area contributed by atoms with E-state index in [1.54, 1.807) is 24.5 Å². The van der Waals surface area contributed by atoms with E-state index in [9.17, 15) is 9.59 Å². The first kappa shape index (κ1) is 18.2. The van der Waals surface area contributed by atoms with E-state index in [0.717, 1.165) is 4.88 Å². The van der Waals surface area contributed by atoms with Crippen LogP contribution in [0, 0.1) is 6.92 Å². The van der Waals surface area contributed by atoms with Gasteiger partial charge in [-0.15, -0.1) is 22.7 Å². The number of rotatable bonds is 6. The van der Waals surface area contributed by atoms with Crippen LogP contribution >= 0.6 is 22.7 Å². The third-order valence-electron chi connectivity index (χ3n) is 3.55. The van der Waals surface area contributed by atoms with Gasteiger partial charge in [-0.3, -0.25) is 9.78 Å². The molecule has 6 nitrogen and oxygen atoms in total. The third kappa shape index (κ3) is 4.33. The molecule has 0 aromatic carbocycles. The molecule has 0 unspecified atom stereocenters. The molecule has 3 rings (SSSR count). The molecular weight excluding hydrogens is 370 g/mol. The van der Waals surface area contributed by atoms with Crippen molar-refractivity contribution in [2.75, 3.05) is 6.61 Å². The molecule has 3 aromatic heterocycles. The van der Waals surface area contributed by atoms with Crippen LogP contribution in [0.15, 0.2) is 41.9 Å². The lowest BCUT2D eigenvalue weighted by Gasteiger charge is -2.12. The molecule has 0 radical (unpaired) electrons. The summed E-state index contributed by atoms with van der Waals surface area (Å²) in [7, 11) is 0. The number of esters is 1. The van der Waals surface area contributed by atoms with Gasteiger partial charge < -0.3 is 10.1 Å². The number of amides is 1. The monoisotopic (exact) mass is 387 g/mol. The van der Waals surface area contributed by atoms with E-state index < -0.39 is 5.97 Å². The van der Waals surface area contributed by atoms with Crippen molar-refractivity contribution in [2.24, 2.45) is 0 Å². The van der Waals surface area contributed by atoms with Crippen LogP contribution in [0.4, 0.5) is 0 Å². The molecule has 1 N–H and O–H groups in total. The van der Waals surface area contributed by atoms with Gasteiger partial charge in [-0.2, -0.15) is 0 Å². The highest BCUT2D eigenvalue weighted by Crippen LogP contribution is 2.26. The smallest absolute Gasteiger partial charge is 0.350 e. The molecule has 0 aliphatic rings. The van der Waals surface area contributed by atoms with Crippen molar-refractivity contribution >= 4 is 34.6 Å². The Labute approximate surface area is 158 Å². The van der Waals surface area contributed by atoms with Gasteiger partial charge in [0.15, 0.2) is 6.61 Å². The van der Waals surface area contributed by atoms with Crippen molar-refractivity contribution in [1.29, 1.82) is 0 Å². The van der Waals surface area contributed by atoms with E-state index in [1.807, 2.05) is 42.6 Å². The average Bonchev–Trinajstić information content (AvgIpc) is 3.30. The Balaban J connectivity index is 1.58. The largest absolute Gasteiger partial charge is 0.451 e. The van der Waals surface area contributed by atoms with Crippen LogP contribution in [0.1, 0.15) is 33.2 Å². The Kier molecular flexibility index (Phi) is 5.75. The van der Waals surface area contributed by atoms with Gasteiger partial charge in [-0.25, -0.2) is 9.78 Å². The highest BCUT2D eigenvalue weighted by Gasteiger charge is 2.19. The van der Waals surface area contributed by atoms with Gasteiger partial charge in [0, 0.05) is 11.1 Å². The van der Waals surface area contributed by atoms with Crippen LogP contribution in [0.25, 0.3) is 10.7 Å². The fourth-order valence-corrected chi connectivity index (χ4v) is 3.94. The van der Waals surface area contributed by atoms with Crippen molar-refractivity contribution in [3.05, 3.63) is 57.4 Å². The van der Waals surface area contributed by atoms with Gasteiger partial charge in [-0.05, 0) is 37.4 Å². The van der Waals surface area contributed by atoms with E-state index in [1.165, 1.54) is 11.3 Å². The minimum absolute atomic E-state index is 0.123. The summed E-state index contributed by atoms with van der Waals surface area (Å²) in [5.74, 6) is -0.896. The summed E-state index contributed by atoms with van der Waals surface area (Å²) in [5.41, 5.74) is 1.26. The Hall–Kier alpha value is -2.58. The van der Waals surface area contributed by atoms with Gasteiger partial charge in [0.1, 0.15) is 9.88 Å². The molecule has 0 spiro atoms. The van der Waals surface area contributed by atoms with Gasteiger partial charge in [0.25, 0.3) is 5.91 Å². The van der Waals surface area contributed by atoms with E-state index >= 15 is 0 Å². The number of ether oxygens (including phenoxy) is 1. The van der Waals surface area contributed by atoms with E-state index in [0.29, 0.717) is 21.3 Å². The molecule has 0 aliphatic heterocycles. The second-order valence-electron chi connectivity index (χ2n) is 5.53. The Morgan fingerprint density at radius 1 is 1.27 bits per heavy atom. The SMILES string of the molecule is Cc1nc(-c2ccccn2)sc1C(=O)OCC(=O)N[C@@H](C)c1cccs1. The summed E-state index contributed by atoms with van der Waals surface area (Å²) in [6.45, 7) is 3.29. The number of nitrogens with zero attached hydrogens (tertiary/aromatic N) is 2. The molecule has 26 heavy (non-hydrogen) atoms. The number of aryl methyl sites for hydroxylation is 1. The zero-order chi connectivity index (χ0) is 18.5. The molecule has 134 valence electrons. The molecule has 1 atom stereocenters. The van der Waals surface area contributed by atoms with Crippen molar-refractivity contribution < 1.29 is 14.3 Å². The predicted molar refractivity (Wildman–Crippen MR) is 101 cm³/mol. The summed E-state index contributed by atoms with van der Waals surface area (Å²) in [6.07, 6.45) is 1.67. The highest BCUT2D eigenvalue weighted by molar-refractivity contribution is 7.17. The minimum atomic E-state index is -0.555. The maximum Gasteiger partial charge on any atom is 0.350 e. The van der Waals surface area contributed by atoms with Crippen molar-refractivity contribution in [3.63, 3.8) is 0 Å². The van der Waals surface area contributed by atoms with Gasteiger partial charge >= 0.3 is 5.97 Å². The quantitative estimate of drug-likeness (QED) is 0.654. The van der Waals surface area contributed by atoms with Crippen LogP contribution in [-0.4, -0.2) is 28.5 Å².